The molecule has 0 bridgehead atoms. The summed E-state index contributed by atoms with van der Waals surface area (Å²) in [5, 5.41) is 33.7. The van der Waals surface area contributed by atoms with Crippen LogP contribution in [0.5, 0.6) is 0 Å². The molecule has 0 spiro atoms. The summed E-state index contributed by atoms with van der Waals surface area (Å²) in [4.78, 5) is 22.9. The zero-order valence-electron chi connectivity index (χ0n) is 32.3. The molecule has 2 aliphatic rings. The maximum absolute atomic E-state index is 12.5. The van der Waals surface area contributed by atoms with Gasteiger partial charge in [-0.15, -0.1) is 15.0 Å². The summed E-state index contributed by atoms with van der Waals surface area (Å²) in [6, 6.07) is 8.95. The minimum atomic E-state index is -0.645. The van der Waals surface area contributed by atoms with Gasteiger partial charge in [0.1, 0.15) is 18.2 Å². The number of ether oxygens (including phenoxy) is 3. The second kappa shape index (κ2) is 19.4. The van der Waals surface area contributed by atoms with Crippen LogP contribution >= 0.6 is 11.6 Å². The standard InChI is InChI=1S/C38H57ClN10O4/c1-25(2)35(53-36(50)37(5,6)7)49-47-34(46-48-49)22-52-21-26(3)43-28-12-14-29(15-13-28)44-33(41-8)20-30(27(4)39)31-10-9-11-32(45-31)42-24-38(23-40)16-18-51-19-17-38/h9-11,20,25-26,28-29,35,43-44H,8,12-19,21-22,24H2,1-7H3,(H,42,45)/b30-27-,33-20+/t26-,28?,29?,35-/m0/s1. The number of halogens is 1. The van der Waals surface area contributed by atoms with Gasteiger partial charge in [-0.25, -0.2) is 9.98 Å². The van der Waals surface area contributed by atoms with E-state index in [-0.39, 0.29) is 30.6 Å². The zero-order valence-corrected chi connectivity index (χ0v) is 33.1. The van der Waals surface area contributed by atoms with Crippen molar-refractivity contribution >= 4 is 35.7 Å². The first-order chi connectivity index (χ1) is 25.2. The zero-order chi connectivity index (χ0) is 38.6. The molecule has 53 heavy (non-hydrogen) atoms. The van der Waals surface area contributed by atoms with Crippen molar-refractivity contribution in [2.45, 2.75) is 118 Å². The summed E-state index contributed by atoms with van der Waals surface area (Å²) in [6.07, 6.45) is 6.56. The van der Waals surface area contributed by atoms with Crippen LogP contribution in [0, 0.1) is 28.1 Å². The predicted molar refractivity (Wildman–Crippen MR) is 206 cm³/mol. The molecule has 1 aliphatic heterocycles. The average molecular weight is 753 g/mol. The molecule has 4 rings (SSSR count). The van der Waals surface area contributed by atoms with E-state index in [1.54, 1.807) is 0 Å². The quantitative estimate of drug-likeness (QED) is 0.0957. The second-order valence-corrected chi connectivity index (χ2v) is 16.1. The molecule has 3 N–H and O–H groups in total. The molecule has 14 nitrogen and oxygen atoms in total. The first-order valence-electron chi connectivity index (χ1n) is 18.6. The number of carbonyl (C=O) groups is 1. The molecule has 1 aliphatic carbocycles. The molecule has 2 aromatic heterocycles. The lowest BCUT2D eigenvalue weighted by molar-refractivity contribution is -0.169. The minimum absolute atomic E-state index is 0.0330. The molecule has 1 saturated carbocycles. The number of hydrogen-bond acceptors (Lipinski definition) is 13. The lowest BCUT2D eigenvalue weighted by Gasteiger charge is -2.32. The highest BCUT2D eigenvalue weighted by Crippen LogP contribution is 2.31. The Morgan fingerprint density at radius 2 is 1.91 bits per heavy atom. The molecule has 2 aromatic rings. The molecule has 1 saturated heterocycles. The summed E-state index contributed by atoms with van der Waals surface area (Å²) >= 11 is 6.59. The number of allylic oxidation sites excluding steroid dienone is 3. The van der Waals surface area contributed by atoms with Gasteiger partial charge in [0.25, 0.3) is 0 Å². The van der Waals surface area contributed by atoms with E-state index in [1.807, 2.05) is 65.8 Å². The van der Waals surface area contributed by atoms with Crippen molar-refractivity contribution in [2.24, 2.45) is 21.7 Å². The number of anilines is 1. The number of tetrazole rings is 1. The Bertz CT molecular complexity index is 1610. The fraction of sp³-hybridized carbons (Fsp3) is 0.658. The Labute approximate surface area is 319 Å². The van der Waals surface area contributed by atoms with Gasteiger partial charge in [0.2, 0.25) is 12.1 Å². The second-order valence-electron chi connectivity index (χ2n) is 15.5. The summed E-state index contributed by atoms with van der Waals surface area (Å²) < 4.78 is 17.1. The number of rotatable bonds is 17. The van der Waals surface area contributed by atoms with Crippen molar-refractivity contribution in [2.75, 3.05) is 31.7 Å². The van der Waals surface area contributed by atoms with Crippen LogP contribution in [0.2, 0.25) is 0 Å². The van der Waals surface area contributed by atoms with Gasteiger partial charge in [-0.3, -0.25) is 4.79 Å². The van der Waals surface area contributed by atoms with E-state index in [1.165, 1.54) is 4.80 Å². The predicted octanol–water partition coefficient (Wildman–Crippen LogP) is 6.15. The van der Waals surface area contributed by atoms with Gasteiger partial charge < -0.3 is 30.2 Å². The molecule has 3 heterocycles. The molecular weight excluding hydrogens is 696 g/mol. The Hall–Kier alpha value is -3.90. The molecule has 0 amide bonds. The van der Waals surface area contributed by atoms with Gasteiger partial charge in [0.05, 0.1) is 29.2 Å². The topological polar surface area (TPSA) is 173 Å². The SMILES string of the molecule is C=N/C(=C\C(=C(/C)Cl)c1cccc(NCC2(C#N)CCOCC2)n1)NC1CCC(N[C@@H](C)COCc2nnn([C@@H](OC(=O)C(C)(C)C)C(C)C)n2)CC1. The van der Waals surface area contributed by atoms with Crippen LogP contribution in [-0.4, -0.2) is 82.4 Å². The van der Waals surface area contributed by atoms with Crippen molar-refractivity contribution in [3.05, 3.63) is 46.6 Å². The fourth-order valence-corrected chi connectivity index (χ4v) is 6.35. The lowest BCUT2D eigenvalue weighted by atomic mass is 9.82. The van der Waals surface area contributed by atoms with Crippen molar-refractivity contribution in [1.29, 1.82) is 5.26 Å². The Morgan fingerprint density at radius 1 is 1.21 bits per heavy atom. The molecule has 0 radical (unpaired) electrons. The fourth-order valence-electron chi connectivity index (χ4n) is 6.20. The van der Waals surface area contributed by atoms with E-state index in [0.717, 1.165) is 31.3 Å². The van der Waals surface area contributed by atoms with E-state index in [0.29, 0.717) is 73.4 Å². The highest BCUT2D eigenvalue weighted by Gasteiger charge is 2.33. The number of nitrogens with one attached hydrogen (secondary N) is 3. The Balaban J connectivity index is 1.23. The van der Waals surface area contributed by atoms with Crippen molar-refractivity contribution in [3.63, 3.8) is 0 Å². The van der Waals surface area contributed by atoms with Crippen LogP contribution in [0.3, 0.4) is 0 Å². The molecule has 0 unspecified atom stereocenters. The Kier molecular flexibility index (Phi) is 15.3. The maximum atomic E-state index is 12.5. The number of pyridine rings is 1. The minimum Gasteiger partial charge on any atom is -0.437 e. The summed E-state index contributed by atoms with van der Waals surface area (Å²) in [5.41, 5.74) is 0.353. The maximum Gasteiger partial charge on any atom is 0.313 e. The van der Waals surface area contributed by atoms with Gasteiger partial charge >= 0.3 is 5.97 Å². The van der Waals surface area contributed by atoms with Crippen molar-refractivity contribution in [1.82, 2.24) is 35.8 Å². The van der Waals surface area contributed by atoms with Crippen LogP contribution in [0.25, 0.3) is 5.57 Å². The number of esters is 1. The normalized spacial score (nSPS) is 20.9. The van der Waals surface area contributed by atoms with Gasteiger partial charge in [0, 0.05) is 54.4 Å². The number of hydrogen-bond donors (Lipinski definition) is 3. The highest BCUT2D eigenvalue weighted by atomic mass is 35.5. The number of aromatic nitrogens is 5. The van der Waals surface area contributed by atoms with Crippen LogP contribution in [0.15, 0.2) is 40.1 Å². The summed E-state index contributed by atoms with van der Waals surface area (Å²) in [7, 11) is 0. The van der Waals surface area contributed by atoms with E-state index in [2.05, 4.69) is 56.1 Å². The number of aliphatic imine (C=N–C) groups is 1. The van der Waals surface area contributed by atoms with Gasteiger partial charge in [-0.1, -0.05) is 31.5 Å². The molecular formula is C38H57ClN10O4. The highest BCUT2D eigenvalue weighted by molar-refractivity contribution is 6.32. The van der Waals surface area contributed by atoms with E-state index >= 15 is 0 Å². The average Bonchev–Trinajstić information content (AvgIpc) is 3.60. The molecule has 15 heteroatoms. The van der Waals surface area contributed by atoms with Crippen molar-refractivity contribution in [3.8, 4) is 6.07 Å². The summed E-state index contributed by atoms with van der Waals surface area (Å²) in [6.45, 7) is 19.4. The third kappa shape index (κ3) is 12.6. The van der Waals surface area contributed by atoms with Gasteiger partial charge in [-0.2, -0.15) is 5.26 Å². The third-order valence-electron chi connectivity index (χ3n) is 9.45. The van der Waals surface area contributed by atoms with Crippen LogP contribution in [0.1, 0.15) is 105 Å². The largest absolute Gasteiger partial charge is 0.437 e. The first kappa shape index (κ1) is 41.9. The molecule has 0 aromatic carbocycles. The van der Waals surface area contributed by atoms with E-state index in [4.69, 9.17) is 30.8 Å². The smallest absolute Gasteiger partial charge is 0.313 e. The first-order valence-corrected chi connectivity index (χ1v) is 18.9. The monoisotopic (exact) mass is 752 g/mol. The van der Waals surface area contributed by atoms with Gasteiger partial charge in [0.15, 0.2) is 0 Å². The van der Waals surface area contributed by atoms with E-state index < -0.39 is 17.1 Å². The number of carbonyl (C=O) groups excluding carboxylic acids is 1. The summed E-state index contributed by atoms with van der Waals surface area (Å²) in [5.74, 6) is 1.40. The number of nitrogens with zero attached hydrogens (tertiary/aromatic N) is 7. The van der Waals surface area contributed by atoms with Crippen LogP contribution < -0.4 is 16.0 Å². The third-order valence-corrected chi connectivity index (χ3v) is 9.65. The van der Waals surface area contributed by atoms with Crippen LogP contribution in [0.4, 0.5) is 5.82 Å². The van der Waals surface area contributed by atoms with Crippen LogP contribution in [-0.2, 0) is 25.6 Å². The molecule has 290 valence electrons. The van der Waals surface area contributed by atoms with E-state index in [9.17, 15) is 10.1 Å². The molecule has 2 fully saturated rings. The Morgan fingerprint density at radius 3 is 2.53 bits per heavy atom. The molecule has 2 atom stereocenters. The van der Waals surface area contributed by atoms with Gasteiger partial charge in [-0.05, 0) is 103 Å². The lowest BCUT2D eigenvalue weighted by Crippen LogP contribution is -2.44. The number of nitriles is 1. The van der Waals surface area contributed by atoms with Crippen molar-refractivity contribution < 1.29 is 19.0 Å².